The molecule has 1 unspecified atom stereocenters. The van der Waals surface area contributed by atoms with E-state index in [9.17, 15) is 0 Å². The van der Waals surface area contributed by atoms with Crippen LogP contribution in [0.3, 0.4) is 0 Å². The molecule has 19 heavy (non-hydrogen) atoms. The summed E-state index contributed by atoms with van der Waals surface area (Å²) >= 11 is 0. The van der Waals surface area contributed by atoms with E-state index >= 15 is 0 Å². The largest absolute Gasteiger partial charge is 0.491 e. The molecule has 2 heterocycles. The van der Waals surface area contributed by atoms with Crippen molar-refractivity contribution in [1.29, 1.82) is 0 Å². The van der Waals surface area contributed by atoms with E-state index < -0.39 is 0 Å². The summed E-state index contributed by atoms with van der Waals surface area (Å²) in [6, 6.07) is 8.18. The van der Waals surface area contributed by atoms with Crippen LogP contribution in [-0.2, 0) is 0 Å². The molecule has 0 aliphatic carbocycles. The Kier molecular flexibility index (Phi) is 3.18. The van der Waals surface area contributed by atoms with Crippen LogP contribution < -0.4 is 15.4 Å². The summed E-state index contributed by atoms with van der Waals surface area (Å²) in [5, 5.41) is 6.50. The highest BCUT2D eigenvalue weighted by molar-refractivity contribution is 5.47. The Labute approximate surface area is 112 Å². The minimum absolute atomic E-state index is 0.127. The van der Waals surface area contributed by atoms with Crippen LogP contribution in [0.4, 0.5) is 11.6 Å². The van der Waals surface area contributed by atoms with Gasteiger partial charge in [0.1, 0.15) is 24.0 Å². The number of hydrogen-bond donors (Lipinski definition) is 2. The van der Waals surface area contributed by atoms with Crippen molar-refractivity contribution in [2.24, 2.45) is 0 Å². The Morgan fingerprint density at radius 2 is 2.11 bits per heavy atom. The van der Waals surface area contributed by atoms with Crippen LogP contribution in [0.5, 0.6) is 5.75 Å². The number of anilines is 2. The predicted molar refractivity (Wildman–Crippen MR) is 74.5 cm³/mol. The van der Waals surface area contributed by atoms with Crippen molar-refractivity contribution in [2.45, 2.75) is 13.0 Å². The van der Waals surface area contributed by atoms with Gasteiger partial charge in [-0.3, -0.25) is 4.98 Å². The summed E-state index contributed by atoms with van der Waals surface area (Å²) in [5.41, 5.74) is 1.16. The van der Waals surface area contributed by atoms with E-state index in [1.807, 2.05) is 25.1 Å². The zero-order chi connectivity index (χ0) is 13.1. The Morgan fingerprint density at radius 3 is 3.00 bits per heavy atom. The first-order valence-corrected chi connectivity index (χ1v) is 6.41. The van der Waals surface area contributed by atoms with Gasteiger partial charge >= 0.3 is 0 Å². The van der Waals surface area contributed by atoms with E-state index in [0.29, 0.717) is 6.61 Å². The van der Waals surface area contributed by atoms with Gasteiger partial charge in [-0.25, -0.2) is 4.98 Å². The van der Waals surface area contributed by atoms with Crippen LogP contribution in [0, 0.1) is 0 Å². The minimum Gasteiger partial charge on any atom is -0.491 e. The molecule has 2 N–H and O–H groups in total. The van der Waals surface area contributed by atoms with Gasteiger partial charge in [0.15, 0.2) is 0 Å². The predicted octanol–water partition coefficient (Wildman–Crippen LogP) is 2.45. The molecular weight excluding hydrogens is 240 g/mol. The molecule has 5 heteroatoms. The van der Waals surface area contributed by atoms with Gasteiger partial charge in [0.25, 0.3) is 0 Å². The van der Waals surface area contributed by atoms with E-state index in [1.54, 1.807) is 12.4 Å². The lowest BCUT2D eigenvalue weighted by Gasteiger charge is -2.12. The van der Waals surface area contributed by atoms with Crippen LogP contribution in [-0.4, -0.2) is 23.1 Å². The molecule has 0 bridgehead atoms. The zero-order valence-electron chi connectivity index (χ0n) is 10.8. The van der Waals surface area contributed by atoms with Crippen LogP contribution in [0.2, 0.25) is 0 Å². The molecule has 0 fully saturated rings. The molecule has 5 nitrogen and oxygen atoms in total. The Balaban J connectivity index is 1.77. The molecule has 0 saturated heterocycles. The first-order valence-electron chi connectivity index (χ1n) is 6.41. The molecule has 1 aromatic heterocycles. The van der Waals surface area contributed by atoms with Gasteiger partial charge in [-0.2, -0.15) is 0 Å². The number of hydrogen-bond acceptors (Lipinski definition) is 5. The standard InChI is InChI=1S/C14H16N4O/c1-2-16-13-7-15-8-14(18-13)17-11-9-19-12-6-4-3-5-10(11)12/h3-8,11H,2,9H2,1H3,(H2,16,17,18). The molecule has 98 valence electrons. The van der Waals surface area contributed by atoms with Gasteiger partial charge in [0.05, 0.1) is 18.4 Å². The van der Waals surface area contributed by atoms with Crippen LogP contribution >= 0.6 is 0 Å². The lowest BCUT2D eigenvalue weighted by atomic mass is 10.1. The van der Waals surface area contributed by atoms with Gasteiger partial charge < -0.3 is 15.4 Å². The van der Waals surface area contributed by atoms with Crippen molar-refractivity contribution in [1.82, 2.24) is 9.97 Å². The number of para-hydroxylation sites is 1. The molecule has 0 radical (unpaired) electrons. The molecule has 2 aromatic rings. The van der Waals surface area contributed by atoms with Crippen molar-refractivity contribution in [3.63, 3.8) is 0 Å². The molecule has 0 saturated carbocycles. The number of rotatable bonds is 4. The summed E-state index contributed by atoms with van der Waals surface area (Å²) in [4.78, 5) is 8.63. The van der Waals surface area contributed by atoms with Gasteiger partial charge in [-0.1, -0.05) is 18.2 Å². The second-order valence-electron chi connectivity index (χ2n) is 4.37. The molecule has 0 amide bonds. The third-order valence-electron chi connectivity index (χ3n) is 3.01. The third kappa shape index (κ3) is 2.45. The SMILES string of the molecule is CCNc1cncc(NC2COc3ccccc32)n1. The maximum atomic E-state index is 5.63. The topological polar surface area (TPSA) is 59.1 Å². The van der Waals surface area contributed by atoms with Crippen molar-refractivity contribution in [3.8, 4) is 5.75 Å². The van der Waals surface area contributed by atoms with Crippen LogP contribution in [0.15, 0.2) is 36.7 Å². The average Bonchev–Trinajstić information content (AvgIpc) is 2.83. The van der Waals surface area contributed by atoms with E-state index in [-0.39, 0.29) is 6.04 Å². The second kappa shape index (κ2) is 5.14. The van der Waals surface area contributed by atoms with Gasteiger partial charge in [-0.05, 0) is 13.0 Å². The van der Waals surface area contributed by atoms with E-state index in [4.69, 9.17) is 4.74 Å². The highest BCUT2D eigenvalue weighted by atomic mass is 16.5. The number of ether oxygens (including phenoxy) is 1. The van der Waals surface area contributed by atoms with Crippen molar-refractivity contribution >= 4 is 11.6 Å². The van der Waals surface area contributed by atoms with Crippen LogP contribution in [0.1, 0.15) is 18.5 Å². The lowest BCUT2D eigenvalue weighted by Crippen LogP contribution is -2.13. The average molecular weight is 256 g/mol. The first kappa shape index (κ1) is 11.8. The number of benzene rings is 1. The molecule has 0 spiro atoms. The number of aromatic nitrogens is 2. The van der Waals surface area contributed by atoms with E-state index in [1.165, 1.54) is 0 Å². The first-order chi connectivity index (χ1) is 9.36. The van der Waals surface area contributed by atoms with Crippen molar-refractivity contribution in [2.75, 3.05) is 23.8 Å². The molecule has 1 aliphatic rings. The fraction of sp³-hybridized carbons (Fsp3) is 0.286. The van der Waals surface area contributed by atoms with E-state index in [0.717, 1.165) is 29.5 Å². The van der Waals surface area contributed by atoms with Crippen molar-refractivity contribution < 1.29 is 4.74 Å². The zero-order valence-corrected chi connectivity index (χ0v) is 10.8. The summed E-state index contributed by atoms with van der Waals surface area (Å²) in [5.74, 6) is 2.47. The lowest BCUT2D eigenvalue weighted by molar-refractivity contribution is 0.339. The number of fused-ring (bicyclic) bond motifs is 1. The smallest absolute Gasteiger partial charge is 0.147 e. The van der Waals surface area contributed by atoms with Crippen molar-refractivity contribution in [3.05, 3.63) is 42.2 Å². The van der Waals surface area contributed by atoms with Crippen LogP contribution in [0.25, 0.3) is 0 Å². The fourth-order valence-electron chi connectivity index (χ4n) is 2.16. The number of nitrogens with zero attached hydrogens (tertiary/aromatic N) is 2. The second-order valence-corrected chi connectivity index (χ2v) is 4.37. The Hall–Kier alpha value is -2.30. The third-order valence-corrected chi connectivity index (χ3v) is 3.01. The summed E-state index contributed by atoms with van der Waals surface area (Å²) in [6.45, 7) is 3.48. The molecule has 1 atom stereocenters. The fourth-order valence-corrected chi connectivity index (χ4v) is 2.16. The molecule has 3 rings (SSSR count). The molecule has 1 aliphatic heterocycles. The minimum atomic E-state index is 0.127. The highest BCUT2D eigenvalue weighted by Crippen LogP contribution is 2.33. The molecule has 1 aromatic carbocycles. The summed E-state index contributed by atoms with van der Waals surface area (Å²) in [6.07, 6.45) is 3.44. The maximum absolute atomic E-state index is 5.63. The highest BCUT2D eigenvalue weighted by Gasteiger charge is 2.23. The maximum Gasteiger partial charge on any atom is 0.147 e. The summed E-state index contributed by atoms with van der Waals surface area (Å²) in [7, 11) is 0. The monoisotopic (exact) mass is 256 g/mol. The van der Waals surface area contributed by atoms with Gasteiger partial charge in [0, 0.05) is 12.1 Å². The number of nitrogens with one attached hydrogen (secondary N) is 2. The van der Waals surface area contributed by atoms with Gasteiger partial charge in [-0.15, -0.1) is 0 Å². The molecular formula is C14H16N4O. The van der Waals surface area contributed by atoms with Gasteiger partial charge in [0.2, 0.25) is 0 Å². The summed E-state index contributed by atoms with van der Waals surface area (Å²) < 4.78 is 5.63. The normalized spacial score (nSPS) is 16.6. The van der Waals surface area contributed by atoms with E-state index in [2.05, 4.69) is 26.7 Å². The quantitative estimate of drug-likeness (QED) is 0.880. The Bertz CT molecular complexity index is 573. The Morgan fingerprint density at radius 1 is 1.26 bits per heavy atom.